The first kappa shape index (κ1) is 15.6. The molecule has 0 saturated heterocycles. The van der Waals surface area contributed by atoms with E-state index in [0.717, 1.165) is 0 Å². The molecule has 0 aliphatic heterocycles. The summed E-state index contributed by atoms with van der Waals surface area (Å²) in [6, 6.07) is 0. The molecule has 0 aromatic heterocycles. The monoisotopic (exact) mass is 226 g/mol. The quantitative estimate of drug-likeness (QED) is 0.586. The van der Waals surface area contributed by atoms with Crippen molar-refractivity contribution < 1.29 is 0 Å². The van der Waals surface area contributed by atoms with E-state index in [4.69, 9.17) is 0 Å². The van der Waals surface area contributed by atoms with Crippen molar-refractivity contribution in [1.82, 2.24) is 0 Å². The highest BCUT2D eigenvalue weighted by molar-refractivity contribution is 4.93. The fraction of sp³-hybridized carbons (Fsp3) is 1.00. The van der Waals surface area contributed by atoms with Crippen LogP contribution in [0.5, 0.6) is 0 Å². The zero-order valence-corrected chi connectivity index (χ0v) is 12.9. The average Bonchev–Trinajstić information content (AvgIpc) is 1.97. The summed E-state index contributed by atoms with van der Waals surface area (Å²) < 4.78 is 0. The van der Waals surface area contributed by atoms with Crippen molar-refractivity contribution in [2.24, 2.45) is 21.1 Å². The summed E-state index contributed by atoms with van der Waals surface area (Å²) in [5.74, 6) is 0. The number of hydrogen-bond donors (Lipinski definition) is 0. The van der Waals surface area contributed by atoms with E-state index in [1.807, 2.05) is 0 Å². The highest BCUT2D eigenvalue weighted by Gasteiger charge is 2.36. The van der Waals surface area contributed by atoms with Gasteiger partial charge in [0.2, 0.25) is 0 Å². The minimum atomic E-state index is -0.129. The van der Waals surface area contributed by atoms with E-state index < -0.39 is 0 Å². The van der Waals surface area contributed by atoms with E-state index >= 15 is 0 Å². The van der Waals surface area contributed by atoms with Gasteiger partial charge < -0.3 is 0 Å². The van der Waals surface area contributed by atoms with Crippen LogP contribution in [0.1, 0.15) is 69.2 Å². The molecule has 0 unspecified atom stereocenters. The van der Waals surface area contributed by atoms with Crippen LogP contribution in [0.25, 0.3) is 0 Å². The van der Waals surface area contributed by atoms with E-state index in [9.17, 15) is 0 Å². The molecule has 0 heterocycles. The molecule has 2 nitrogen and oxygen atoms in total. The Morgan fingerprint density at radius 1 is 0.438 bits per heavy atom. The molecule has 0 aliphatic carbocycles. The van der Waals surface area contributed by atoms with Crippen LogP contribution in [0.2, 0.25) is 0 Å². The summed E-state index contributed by atoms with van der Waals surface area (Å²) in [7, 11) is 0. The van der Waals surface area contributed by atoms with Gasteiger partial charge in [-0.3, -0.25) is 0 Å². The molecule has 0 aromatic rings. The van der Waals surface area contributed by atoms with Gasteiger partial charge in [-0.2, -0.15) is 10.2 Å². The summed E-state index contributed by atoms with van der Waals surface area (Å²) in [6.07, 6.45) is 0. The molecule has 0 amide bonds. The molecular weight excluding hydrogens is 196 g/mol. The van der Waals surface area contributed by atoms with Crippen molar-refractivity contribution in [2.75, 3.05) is 0 Å². The van der Waals surface area contributed by atoms with Crippen LogP contribution in [0.3, 0.4) is 0 Å². The Morgan fingerprint density at radius 3 is 0.750 bits per heavy atom. The van der Waals surface area contributed by atoms with Gasteiger partial charge in [0.05, 0.1) is 11.1 Å². The van der Waals surface area contributed by atoms with E-state index in [1.54, 1.807) is 0 Å². The normalized spacial score (nSPS) is 15.9. The lowest BCUT2D eigenvalue weighted by molar-refractivity contribution is 0.182. The SMILES string of the molecule is CC(C)(C)C(C)(C)N=NC(C)(C)C(C)(C)C. The lowest BCUT2D eigenvalue weighted by Crippen LogP contribution is -2.38. The van der Waals surface area contributed by atoms with Crippen LogP contribution in [0.4, 0.5) is 0 Å². The first-order valence-corrected chi connectivity index (χ1v) is 6.15. The summed E-state index contributed by atoms with van der Waals surface area (Å²) >= 11 is 0. The highest BCUT2D eigenvalue weighted by atomic mass is 15.2. The van der Waals surface area contributed by atoms with Gasteiger partial charge in [0.1, 0.15) is 0 Å². The second-order valence-corrected chi connectivity index (χ2v) is 7.82. The summed E-state index contributed by atoms with van der Waals surface area (Å²) in [4.78, 5) is 0. The van der Waals surface area contributed by atoms with E-state index in [2.05, 4.69) is 79.5 Å². The van der Waals surface area contributed by atoms with Crippen LogP contribution in [-0.4, -0.2) is 11.1 Å². The molecule has 0 fully saturated rings. The summed E-state index contributed by atoms with van der Waals surface area (Å²) in [6.45, 7) is 21.8. The van der Waals surface area contributed by atoms with Gasteiger partial charge in [-0.15, -0.1) is 0 Å². The van der Waals surface area contributed by atoms with E-state index in [1.165, 1.54) is 0 Å². The van der Waals surface area contributed by atoms with Gasteiger partial charge in [-0.05, 0) is 38.5 Å². The minimum Gasteiger partial charge on any atom is -0.187 e. The zero-order chi connectivity index (χ0) is 13.4. The third-order valence-corrected chi connectivity index (χ3v) is 4.22. The Bertz CT molecular complexity index is 231. The maximum absolute atomic E-state index is 4.59. The van der Waals surface area contributed by atoms with Gasteiger partial charge in [-0.25, -0.2) is 0 Å². The molecule has 0 atom stereocenters. The number of rotatable bonds is 2. The Kier molecular flexibility index (Phi) is 4.02. The largest absolute Gasteiger partial charge is 0.187 e. The van der Waals surface area contributed by atoms with Gasteiger partial charge >= 0.3 is 0 Å². The second kappa shape index (κ2) is 4.12. The van der Waals surface area contributed by atoms with Crippen molar-refractivity contribution >= 4 is 0 Å². The molecule has 0 aromatic carbocycles. The Morgan fingerprint density at radius 2 is 0.625 bits per heavy atom. The van der Waals surface area contributed by atoms with Gasteiger partial charge in [0.15, 0.2) is 0 Å². The fourth-order valence-electron chi connectivity index (χ4n) is 0.550. The maximum Gasteiger partial charge on any atom is 0.0808 e. The predicted octanol–water partition coefficient (Wildman–Crippen LogP) is 5.09. The van der Waals surface area contributed by atoms with E-state index in [-0.39, 0.29) is 21.9 Å². The topological polar surface area (TPSA) is 24.7 Å². The average molecular weight is 226 g/mol. The molecular formula is C14H30N2. The van der Waals surface area contributed by atoms with Gasteiger partial charge in [0, 0.05) is 0 Å². The highest BCUT2D eigenvalue weighted by Crippen LogP contribution is 2.37. The first-order valence-electron chi connectivity index (χ1n) is 6.15. The predicted molar refractivity (Wildman–Crippen MR) is 71.9 cm³/mol. The van der Waals surface area contributed by atoms with Crippen LogP contribution in [0, 0.1) is 10.8 Å². The van der Waals surface area contributed by atoms with Crippen molar-refractivity contribution in [3.63, 3.8) is 0 Å². The van der Waals surface area contributed by atoms with Crippen LogP contribution >= 0.6 is 0 Å². The van der Waals surface area contributed by atoms with Crippen molar-refractivity contribution in [2.45, 2.75) is 80.3 Å². The molecule has 16 heavy (non-hydrogen) atoms. The Labute approximate surface area is 102 Å². The zero-order valence-electron chi connectivity index (χ0n) is 12.9. The molecule has 0 radical (unpaired) electrons. The smallest absolute Gasteiger partial charge is 0.0808 e. The van der Waals surface area contributed by atoms with Gasteiger partial charge in [0.25, 0.3) is 0 Å². The molecule has 0 spiro atoms. The minimum absolute atomic E-state index is 0.129. The standard InChI is InChI=1S/C14H30N2/c1-11(2,3)13(7,8)15-16-14(9,10)12(4,5)6/h1-10H3. The van der Waals surface area contributed by atoms with Gasteiger partial charge in [-0.1, -0.05) is 41.5 Å². The van der Waals surface area contributed by atoms with Crippen LogP contribution in [-0.2, 0) is 0 Å². The number of hydrogen-bond acceptors (Lipinski definition) is 2. The van der Waals surface area contributed by atoms with Crippen molar-refractivity contribution in [3.8, 4) is 0 Å². The third kappa shape index (κ3) is 3.57. The first-order chi connectivity index (χ1) is 6.71. The molecule has 0 rings (SSSR count). The molecule has 0 bridgehead atoms. The second-order valence-electron chi connectivity index (χ2n) is 7.82. The van der Waals surface area contributed by atoms with Crippen LogP contribution in [0.15, 0.2) is 10.2 Å². The van der Waals surface area contributed by atoms with Crippen molar-refractivity contribution in [1.29, 1.82) is 0 Å². The maximum atomic E-state index is 4.59. The number of azo groups is 1. The van der Waals surface area contributed by atoms with E-state index in [0.29, 0.717) is 0 Å². The summed E-state index contributed by atoms with van der Waals surface area (Å²) in [5.41, 5.74) is -0.0000312. The third-order valence-electron chi connectivity index (χ3n) is 4.22. The lowest BCUT2D eigenvalue weighted by atomic mass is 9.76. The molecule has 96 valence electrons. The number of nitrogens with zero attached hydrogens (tertiary/aromatic N) is 2. The lowest BCUT2D eigenvalue weighted by Gasteiger charge is -2.38. The fourth-order valence-corrected chi connectivity index (χ4v) is 0.550. The van der Waals surface area contributed by atoms with Crippen molar-refractivity contribution in [3.05, 3.63) is 0 Å². The molecule has 2 heteroatoms. The Hall–Kier alpha value is -0.400. The molecule has 0 N–H and O–H groups in total. The Balaban J connectivity index is 5.01. The summed E-state index contributed by atoms with van der Waals surface area (Å²) in [5, 5.41) is 9.18. The van der Waals surface area contributed by atoms with Crippen LogP contribution < -0.4 is 0 Å². The molecule has 0 aliphatic rings. The molecule has 0 saturated carbocycles.